The molecule has 6 heteroatoms. The summed E-state index contributed by atoms with van der Waals surface area (Å²) in [6.07, 6.45) is 59.5. The fraction of sp³-hybridized carbons (Fsp3) is 0.895. The highest BCUT2D eigenvalue weighted by atomic mass is 16.5. The first-order valence-corrected chi connectivity index (χ1v) is 28.1. The molecule has 0 aliphatic carbocycles. The average molecular weight is 889 g/mol. The number of nitrogens with one attached hydrogen (secondary N) is 1. The van der Waals surface area contributed by atoms with E-state index in [1.165, 1.54) is 205 Å². The number of amides is 1. The molecule has 0 spiro atoms. The van der Waals surface area contributed by atoms with Crippen molar-refractivity contribution in [2.45, 2.75) is 322 Å². The molecule has 3 N–H and O–H groups in total. The summed E-state index contributed by atoms with van der Waals surface area (Å²) in [5.41, 5.74) is 0. The quantitative estimate of drug-likeness (QED) is 0.0321. The molecule has 3 unspecified atom stereocenters. The van der Waals surface area contributed by atoms with E-state index in [0.29, 0.717) is 19.3 Å². The summed E-state index contributed by atoms with van der Waals surface area (Å²) in [6, 6.07) is -0.699. The Morgan fingerprint density at radius 2 is 0.794 bits per heavy atom. The van der Waals surface area contributed by atoms with Crippen LogP contribution in [-0.2, 0) is 14.3 Å². The van der Waals surface area contributed by atoms with Gasteiger partial charge in [-0.25, -0.2) is 0 Å². The van der Waals surface area contributed by atoms with Crippen LogP contribution in [0.25, 0.3) is 0 Å². The number of carbonyl (C=O) groups is 2. The molecule has 0 heterocycles. The van der Waals surface area contributed by atoms with Gasteiger partial charge < -0.3 is 20.3 Å². The van der Waals surface area contributed by atoms with E-state index in [1.54, 1.807) is 0 Å². The normalized spacial score (nSPS) is 13.3. The molecule has 0 saturated heterocycles. The Labute approximate surface area is 392 Å². The topological polar surface area (TPSA) is 95.9 Å². The summed E-state index contributed by atoms with van der Waals surface area (Å²) in [7, 11) is 0. The van der Waals surface area contributed by atoms with E-state index in [0.717, 1.165) is 51.4 Å². The number of hydrogen-bond donors (Lipinski definition) is 3. The minimum absolute atomic E-state index is 0.0786. The number of allylic oxidation sites excluding steroid dienone is 4. The van der Waals surface area contributed by atoms with Gasteiger partial charge in [-0.3, -0.25) is 9.59 Å². The van der Waals surface area contributed by atoms with E-state index in [9.17, 15) is 19.8 Å². The van der Waals surface area contributed by atoms with E-state index in [-0.39, 0.29) is 24.9 Å². The Bertz CT molecular complexity index is 997. The Kier molecular flexibility index (Phi) is 50.0. The molecule has 0 aromatic carbocycles. The average Bonchev–Trinajstić information content (AvgIpc) is 3.28. The predicted molar refractivity (Wildman–Crippen MR) is 273 cm³/mol. The molecule has 372 valence electrons. The molecular weight excluding hydrogens is 779 g/mol. The number of ether oxygens (including phenoxy) is 1. The van der Waals surface area contributed by atoms with Gasteiger partial charge in [0.15, 0.2) is 0 Å². The van der Waals surface area contributed by atoms with Gasteiger partial charge in [-0.15, -0.1) is 0 Å². The van der Waals surface area contributed by atoms with Crippen LogP contribution in [-0.4, -0.2) is 46.9 Å². The summed E-state index contributed by atoms with van der Waals surface area (Å²) < 4.78 is 5.94. The van der Waals surface area contributed by atoms with Gasteiger partial charge in [-0.05, 0) is 51.4 Å². The number of hydrogen-bond acceptors (Lipinski definition) is 5. The Morgan fingerprint density at radius 1 is 0.460 bits per heavy atom. The minimum atomic E-state index is -0.786. The highest BCUT2D eigenvalue weighted by molar-refractivity contribution is 5.77. The highest BCUT2D eigenvalue weighted by Gasteiger charge is 2.24. The second kappa shape index (κ2) is 51.3. The number of aliphatic hydroxyl groups excluding tert-OH is 2. The van der Waals surface area contributed by atoms with Gasteiger partial charge in [-0.2, -0.15) is 0 Å². The predicted octanol–water partition coefficient (Wildman–Crippen LogP) is 17.1. The molecule has 0 saturated carbocycles. The zero-order chi connectivity index (χ0) is 45.9. The summed E-state index contributed by atoms with van der Waals surface area (Å²) >= 11 is 0. The van der Waals surface area contributed by atoms with Gasteiger partial charge in [0.05, 0.1) is 25.2 Å². The lowest BCUT2D eigenvalue weighted by molar-refractivity contribution is -0.151. The van der Waals surface area contributed by atoms with Crippen molar-refractivity contribution in [1.82, 2.24) is 5.32 Å². The van der Waals surface area contributed by atoms with Crippen LogP contribution in [0.15, 0.2) is 24.3 Å². The first-order chi connectivity index (χ1) is 31.0. The molecule has 1 amide bonds. The van der Waals surface area contributed by atoms with Crippen LogP contribution < -0.4 is 5.32 Å². The molecular formula is C57H109NO5. The molecule has 0 aromatic heterocycles. The van der Waals surface area contributed by atoms with Gasteiger partial charge in [0, 0.05) is 6.42 Å². The van der Waals surface area contributed by atoms with Crippen molar-refractivity contribution in [2.75, 3.05) is 6.61 Å². The largest absolute Gasteiger partial charge is 0.462 e. The van der Waals surface area contributed by atoms with Crippen LogP contribution in [0.4, 0.5) is 0 Å². The standard InChI is InChI=1S/C57H109NO5/c1-4-7-10-13-16-19-22-25-27-28-30-31-34-37-40-43-46-49-55(60)54(52-59)58-56(61)51-53(48-45-42-39-36-33-24-21-18-15-12-9-6-3)63-57(62)50-47-44-41-38-35-32-29-26-23-20-17-14-11-8-5-2/h17,20,23,26,53-55,59-60H,4-16,18-19,21-22,24-25,27-52H2,1-3H3,(H,58,61)/b20-17+,26-23+. The van der Waals surface area contributed by atoms with Crippen molar-refractivity contribution in [3.05, 3.63) is 24.3 Å². The lowest BCUT2D eigenvalue weighted by Crippen LogP contribution is -2.46. The third-order valence-corrected chi connectivity index (χ3v) is 13.1. The van der Waals surface area contributed by atoms with E-state index in [2.05, 4.69) is 50.4 Å². The molecule has 3 atom stereocenters. The van der Waals surface area contributed by atoms with E-state index in [4.69, 9.17) is 4.74 Å². The number of aliphatic hydroxyl groups is 2. The monoisotopic (exact) mass is 888 g/mol. The Hall–Kier alpha value is -1.66. The van der Waals surface area contributed by atoms with Crippen LogP contribution >= 0.6 is 0 Å². The van der Waals surface area contributed by atoms with E-state index < -0.39 is 18.2 Å². The number of rotatable bonds is 51. The molecule has 0 bridgehead atoms. The fourth-order valence-corrected chi connectivity index (χ4v) is 8.78. The van der Waals surface area contributed by atoms with E-state index in [1.807, 2.05) is 0 Å². The Balaban J connectivity index is 4.48. The zero-order valence-electron chi connectivity index (χ0n) is 42.5. The Morgan fingerprint density at radius 3 is 1.21 bits per heavy atom. The van der Waals surface area contributed by atoms with Crippen LogP contribution in [0.2, 0.25) is 0 Å². The van der Waals surface area contributed by atoms with Gasteiger partial charge in [0.2, 0.25) is 5.91 Å². The molecule has 0 rings (SSSR count). The van der Waals surface area contributed by atoms with Crippen LogP contribution in [0.5, 0.6) is 0 Å². The molecule has 0 aromatic rings. The first kappa shape index (κ1) is 61.3. The summed E-state index contributed by atoms with van der Waals surface area (Å²) in [5, 5.41) is 23.9. The highest BCUT2D eigenvalue weighted by Crippen LogP contribution is 2.19. The molecule has 0 aliphatic heterocycles. The minimum Gasteiger partial charge on any atom is -0.462 e. The second-order valence-electron chi connectivity index (χ2n) is 19.4. The van der Waals surface area contributed by atoms with Gasteiger partial charge in [0.25, 0.3) is 0 Å². The van der Waals surface area contributed by atoms with Crippen LogP contribution in [0.1, 0.15) is 303 Å². The van der Waals surface area contributed by atoms with Gasteiger partial charge in [-0.1, -0.05) is 263 Å². The molecule has 0 fully saturated rings. The third-order valence-electron chi connectivity index (χ3n) is 13.1. The maximum absolute atomic E-state index is 13.2. The number of carbonyl (C=O) groups excluding carboxylic acids is 2. The molecule has 6 nitrogen and oxygen atoms in total. The van der Waals surface area contributed by atoms with Crippen molar-refractivity contribution >= 4 is 11.9 Å². The molecule has 63 heavy (non-hydrogen) atoms. The van der Waals surface area contributed by atoms with Crippen molar-refractivity contribution in [2.24, 2.45) is 0 Å². The lowest BCUT2D eigenvalue weighted by atomic mass is 10.0. The lowest BCUT2D eigenvalue weighted by Gasteiger charge is -2.24. The van der Waals surface area contributed by atoms with Crippen molar-refractivity contribution < 1.29 is 24.5 Å². The SMILES string of the molecule is CCCCC/C=C/C=C/CCCCCCCCC(=O)OC(CCCCCCCCCCCCCC)CC(=O)NC(CO)C(O)CCCCCCCCCCCCCCCCCCC. The second-order valence-corrected chi connectivity index (χ2v) is 19.4. The third kappa shape index (κ3) is 46.7. The van der Waals surface area contributed by atoms with Gasteiger partial charge >= 0.3 is 5.97 Å². The smallest absolute Gasteiger partial charge is 0.306 e. The van der Waals surface area contributed by atoms with E-state index >= 15 is 0 Å². The maximum Gasteiger partial charge on any atom is 0.306 e. The van der Waals surface area contributed by atoms with Crippen molar-refractivity contribution in [1.29, 1.82) is 0 Å². The summed E-state index contributed by atoms with van der Waals surface area (Å²) in [4.78, 5) is 26.2. The first-order valence-electron chi connectivity index (χ1n) is 28.1. The summed E-state index contributed by atoms with van der Waals surface area (Å²) in [6.45, 7) is 6.48. The fourth-order valence-electron chi connectivity index (χ4n) is 8.78. The maximum atomic E-state index is 13.2. The van der Waals surface area contributed by atoms with Crippen LogP contribution in [0.3, 0.4) is 0 Å². The molecule has 0 radical (unpaired) electrons. The number of unbranched alkanes of at least 4 members (excludes halogenated alkanes) is 36. The number of esters is 1. The summed E-state index contributed by atoms with van der Waals surface area (Å²) in [5.74, 6) is -0.470. The van der Waals surface area contributed by atoms with Crippen molar-refractivity contribution in [3.8, 4) is 0 Å². The van der Waals surface area contributed by atoms with Gasteiger partial charge in [0.1, 0.15) is 6.10 Å². The molecule has 0 aliphatic rings. The van der Waals surface area contributed by atoms with Crippen LogP contribution in [0, 0.1) is 0 Å². The zero-order valence-corrected chi connectivity index (χ0v) is 42.5. The van der Waals surface area contributed by atoms with Crippen molar-refractivity contribution in [3.63, 3.8) is 0 Å².